The fraction of sp³-hybridized carbons (Fsp3) is 0.429. The van der Waals surface area contributed by atoms with Crippen molar-refractivity contribution in [2.75, 3.05) is 0 Å². The van der Waals surface area contributed by atoms with Crippen LogP contribution in [0, 0.1) is 0 Å². The molecule has 50 valence electrons. The molecule has 0 rings (SSSR count). The highest BCUT2D eigenvalue weighted by atomic mass is 16.1. The molecule has 2 heteroatoms. The molecule has 0 spiro atoms. The molecular weight excluding hydrogens is 114 g/mol. The van der Waals surface area contributed by atoms with Gasteiger partial charge in [0.25, 0.3) is 0 Å². The molecule has 0 unspecified atom stereocenters. The second-order valence-electron chi connectivity index (χ2n) is 2.00. The SMILES string of the molecule is CC(C)=N/C(C)=C\C=O. The Morgan fingerprint density at radius 3 is 2.22 bits per heavy atom. The lowest BCUT2D eigenvalue weighted by atomic mass is 10.4. The Balaban J connectivity index is 4.05. The molecule has 0 aromatic rings. The standard InChI is InChI=1S/C7H11NO/c1-6(2)8-7(3)4-5-9/h4-5H,1-3H3/b7-4-. The molecule has 0 aromatic carbocycles. The molecule has 0 aliphatic carbocycles. The zero-order chi connectivity index (χ0) is 7.28. The molecule has 0 bridgehead atoms. The van der Waals surface area contributed by atoms with Crippen LogP contribution >= 0.6 is 0 Å². The Labute approximate surface area is 55.3 Å². The maximum Gasteiger partial charge on any atom is 0.144 e. The lowest BCUT2D eigenvalue weighted by Crippen LogP contribution is -1.80. The lowest BCUT2D eigenvalue weighted by molar-refractivity contribution is -0.104. The third-order valence-corrected chi connectivity index (χ3v) is 0.709. The van der Waals surface area contributed by atoms with E-state index in [1.54, 1.807) is 6.92 Å². The molecule has 0 amide bonds. The fourth-order valence-corrected chi connectivity index (χ4v) is 0.488. The minimum atomic E-state index is 0.738. The van der Waals surface area contributed by atoms with Gasteiger partial charge in [-0.3, -0.25) is 9.79 Å². The third-order valence-electron chi connectivity index (χ3n) is 0.709. The van der Waals surface area contributed by atoms with E-state index in [4.69, 9.17) is 0 Å². The van der Waals surface area contributed by atoms with E-state index in [2.05, 4.69) is 4.99 Å². The van der Waals surface area contributed by atoms with E-state index in [-0.39, 0.29) is 0 Å². The summed E-state index contributed by atoms with van der Waals surface area (Å²) in [5, 5.41) is 0. The highest BCUT2D eigenvalue weighted by molar-refractivity contribution is 5.80. The number of hydrogen-bond acceptors (Lipinski definition) is 2. The maximum absolute atomic E-state index is 9.85. The first-order valence-electron chi connectivity index (χ1n) is 2.80. The number of aldehydes is 1. The van der Waals surface area contributed by atoms with Gasteiger partial charge in [-0.15, -0.1) is 0 Å². The van der Waals surface area contributed by atoms with Crippen molar-refractivity contribution in [1.29, 1.82) is 0 Å². The van der Waals surface area contributed by atoms with Crippen molar-refractivity contribution >= 4 is 12.0 Å². The molecule has 0 aliphatic rings. The van der Waals surface area contributed by atoms with E-state index >= 15 is 0 Å². The van der Waals surface area contributed by atoms with Gasteiger partial charge < -0.3 is 0 Å². The summed E-state index contributed by atoms with van der Waals surface area (Å²) in [7, 11) is 0. The normalized spacial score (nSPS) is 10.8. The minimum absolute atomic E-state index is 0.738. The van der Waals surface area contributed by atoms with Gasteiger partial charge in [-0.2, -0.15) is 0 Å². The number of carbonyl (C=O) groups excluding carboxylic acids is 1. The quantitative estimate of drug-likeness (QED) is 0.313. The predicted octanol–water partition coefficient (Wildman–Crippen LogP) is 1.57. The van der Waals surface area contributed by atoms with Crippen molar-refractivity contribution < 1.29 is 4.79 Å². The summed E-state index contributed by atoms with van der Waals surface area (Å²) in [5.41, 5.74) is 1.72. The number of nitrogens with zero attached hydrogens (tertiary/aromatic N) is 1. The summed E-state index contributed by atoms with van der Waals surface area (Å²) in [5.74, 6) is 0. The van der Waals surface area contributed by atoms with Crippen molar-refractivity contribution in [3.8, 4) is 0 Å². The Morgan fingerprint density at radius 1 is 1.33 bits per heavy atom. The van der Waals surface area contributed by atoms with Crippen LogP contribution in [0.1, 0.15) is 20.8 Å². The van der Waals surface area contributed by atoms with Gasteiger partial charge in [-0.05, 0) is 26.8 Å². The monoisotopic (exact) mass is 125 g/mol. The first-order valence-corrected chi connectivity index (χ1v) is 2.80. The smallest absolute Gasteiger partial charge is 0.144 e. The van der Waals surface area contributed by atoms with E-state index in [1.807, 2.05) is 13.8 Å². The molecule has 0 aliphatic heterocycles. The first-order chi connectivity index (χ1) is 4.16. The van der Waals surface area contributed by atoms with Gasteiger partial charge >= 0.3 is 0 Å². The van der Waals surface area contributed by atoms with Crippen LogP contribution in [0.2, 0.25) is 0 Å². The number of carbonyl (C=O) groups is 1. The highest BCUT2D eigenvalue weighted by Gasteiger charge is 1.80. The topological polar surface area (TPSA) is 29.4 Å². The summed E-state index contributed by atoms with van der Waals surface area (Å²) in [6, 6.07) is 0. The largest absolute Gasteiger partial charge is 0.298 e. The minimum Gasteiger partial charge on any atom is -0.298 e. The lowest BCUT2D eigenvalue weighted by Gasteiger charge is -1.88. The van der Waals surface area contributed by atoms with Crippen LogP contribution < -0.4 is 0 Å². The number of rotatable bonds is 2. The van der Waals surface area contributed by atoms with Crippen LogP contribution in [-0.2, 0) is 4.79 Å². The van der Waals surface area contributed by atoms with Crippen LogP contribution in [0.4, 0.5) is 0 Å². The van der Waals surface area contributed by atoms with Crippen LogP contribution in [0.25, 0.3) is 0 Å². The highest BCUT2D eigenvalue weighted by Crippen LogP contribution is 1.92. The van der Waals surface area contributed by atoms with Crippen LogP contribution in [0.5, 0.6) is 0 Å². The molecule has 0 heterocycles. The Morgan fingerprint density at radius 2 is 1.89 bits per heavy atom. The van der Waals surface area contributed by atoms with E-state index in [0.29, 0.717) is 0 Å². The maximum atomic E-state index is 9.85. The predicted molar refractivity (Wildman–Crippen MR) is 38.6 cm³/mol. The molecule has 0 N–H and O–H groups in total. The van der Waals surface area contributed by atoms with Gasteiger partial charge in [-0.25, -0.2) is 0 Å². The average molecular weight is 125 g/mol. The zero-order valence-electron chi connectivity index (χ0n) is 6.01. The van der Waals surface area contributed by atoms with Gasteiger partial charge in [0.2, 0.25) is 0 Å². The van der Waals surface area contributed by atoms with Crippen molar-refractivity contribution in [3.63, 3.8) is 0 Å². The van der Waals surface area contributed by atoms with Crippen molar-refractivity contribution in [3.05, 3.63) is 11.8 Å². The van der Waals surface area contributed by atoms with E-state index in [9.17, 15) is 4.79 Å². The summed E-state index contributed by atoms with van der Waals surface area (Å²) in [4.78, 5) is 13.9. The number of hydrogen-bond donors (Lipinski definition) is 0. The van der Waals surface area contributed by atoms with Gasteiger partial charge in [-0.1, -0.05) is 0 Å². The Kier molecular flexibility index (Phi) is 3.60. The molecule has 9 heavy (non-hydrogen) atoms. The van der Waals surface area contributed by atoms with Gasteiger partial charge in [0.05, 0.1) is 0 Å². The zero-order valence-corrected chi connectivity index (χ0v) is 6.01. The Hall–Kier alpha value is -0.920. The fourth-order valence-electron chi connectivity index (χ4n) is 0.488. The molecule has 0 saturated heterocycles. The summed E-state index contributed by atoms with van der Waals surface area (Å²) in [6.07, 6.45) is 2.18. The van der Waals surface area contributed by atoms with Crippen LogP contribution in [-0.4, -0.2) is 12.0 Å². The molecular formula is C7H11NO. The molecule has 0 aromatic heterocycles. The van der Waals surface area contributed by atoms with Crippen molar-refractivity contribution in [2.45, 2.75) is 20.8 Å². The average Bonchev–Trinajstić information content (AvgIpc) is 1.63. The van der Waals surface area contributed by atoms with Gasteiger partial charge in [0.1, 0.15) is 6.29 Å². The molecule has 0 atom stereocenters. The van der Waals surface area contributed by atoms with Gasteiger partial charge in [0, 0.05) is 11.4 Å². The van der Waals surface area contributed by atoms with Crippen molar-refractivity contribution in [1.82, 2.24) is 0 Å². The van der Waals surface area contributed by atoms with E-state index in [1.165, 1.54) is 6.08 Å². The summed E-state index contributed by atoms with van der Waals surface area (Å²) >= 11 is 0. The molecule has 0 fully saturated rings. The number of allylic oxidation sites excluding steroid dienone is 2. The van der Waals surface area contributed by atoms with Crippen LogP contribution in [0.3, 0.4) is 0 Å². The van der Waals surface area contributed by atoms with Crippen molar-refractivity contribution in [2.24, 2.45) is 4.99 Å². The van der Waals surface area contributed by atoms with E-state index < -0.39 is 0 Å². The van der Waals surface area contributed by atoms with E-state index in [0.717, 1.165) is 17.7 Å². The summed E-state index contributed by atoms with van der Waals surface area (Å²) < 4.78 is 0. The second kappa shape index (κ2) is 4.01. The molecule has 0 saturated carbocycles. The van der Waals surface area contributed by atoms with Crippen LogP contribution in [0.15, 0.2) is 16.8 Å². The summed E-state index contributed by atoms with van der Waals surface area (Å²) in [6.45, 7) is 5.58. The molecule has 2 nitrogen and oxygen atoms in total. The first kappa shape index (κ1) is 8.08. The Bertz CT molecular complexity index is 152. The second-order valence-corrected chi connectivity index (χ2v) is 2.00. The number of aliphatic imine (C=N–C) groups is 1. The third kappa shape index (κ3) is 4.94. The van der Waals surface area contributed by atoms with Gasteiger partial charge in [0.15, 0.2) is 0 Å². The molecule has 0 radical (unpaired) electrons.